The van der Waals surface area contributed by atoms with Crippen molar-refractivity contribution in [1.82, 2.24) is 0 Å². The van der Waals surface area contributed by atoms with Crippen molar-refractivity contribution in [2.75, 3.05) is 0 Å². The fourth-order valence-corrected chi connectivity index (χ4v) is 4.73. The molecule has 0 amide bonds. The molecule has 27 heavy (non-hydrogen) atoms. The van der Waals surface area contributed by atoms with Gasteiger partial charge in [0, 0.05) is 6.07 Å². The third-order valence-electron chi connectivity index (χ3n) is 5.05. The van der Waals surface area contributed by atoms with Gasteiger partial charge in [0.25, 0.3) is 0 Å². The summed E-state index contributed by atoms with van der Waals surface area (Å²) in [5.74, 6) is 0.246. The van der Waals surface area contributed by atoms with E-state index >= 15 is 0 Å². The minimum Gasteiger partial charge on any atom is -0.508 e. The Hall–Kier alpha value is -1.23. The smallest absolute Gasteiger partial charge is 0.312 e. The number of aromatic hydroxyl groups is 1. The van der Waals surface area contributed by atoms with Crippen LogP contribution in [0.1, 0.15) is 96.5 Å². The molecule has 1 atom stereocenters. The second kappa shape index (κ2) is 13.0. The van der Waals surface area contributed by atoms with Crippen LogP contribution in [-0.2, 0) is 10.1 Å². The maximum atomic E-state index is 12.9. The average Bonchev–Trinajstić information content (AvgIpc) is 2.62. The summed E-state index contributed by atoms with van der Waals surface area (Å²) < 4.78 is 31.1. The van der Waals surface area contributed by atoms with Crippen LogP contribution < -0.4 is 4.18 Å². The SMILES string of the molecule is CCCCCCCCCC(CCCCC)S(=O)(=O)Oc1cc(O)ccc1C. The summed E-state index contributed by atoms with van der Waals surface area (Å²) in [5, 5.41) is 9.16. The summed E-state index contributed by atoms with van der Waals surface area (Å²) in [6, 6.07) is 4.58. The number of phenolic OH excluding ortho intramolecular Hbond substituents is 1. The predicted octanol–water partition coefficient (Wildman–Crippen LogP) is 6.50. The summed E-state index contributed by atoms with van der Waals surface area (Å²) in [6.45, 7) is 6.11. The Kier molecular flexibility index (Phi) is 11.5. The molecule has 1 unspecified atom stereocenters. The van der Waals surface area contributed by atoms with Crippen LogP contribution in [0.2, 0.25) is 0 Å². The number of benzene rings is 1. The molecule has 4 nitrogen and oxygen atoms in total. The van der Waals surface area contributed by atoms with Crippen LogP contribution in [0.4, 0.5) is 0 Å². The van der Waals surface area contributed by atoms with Gasteiger partial charge >= 0.3 is 10.1 Å². The summed E-state index contributed by atoms with van der Waals surface area (Å²) in [6.07, 6.45) is 12.5. The van der Waals surface area contributed by atoms with Gasteiger partial charge in [0.05, 0.1) is 5.25 Å². The van der Waals surface area contributed by atoms with Gasteiger partial charge in [-0.15, -0.1) is 0 Å². The highest BCUT2D eigenvalue weighted by Crippen LogP contribution is 2.28. The molecule has 0 saturated heterocycles. The zero-order chi connectivity index (χ0) is 20.1. The molecule has 1 rings (SSSR count). The lowest BCUT2D eigenvalue weighted by molar-refractivity contribution is 0.441. The molecular weight excluding hydrogens is 360 g/mol. The first-order valence-electron chi connectivity index (χ1n) is 10.6. The van der Waals surface area contributed by atoms with Gasteiger partial charge in [0.1, 0.15) is 11.5 Å². The van der Waals surface area contributed by atoms with Gasteiger partial charge < -0.3 is 9.29 Å². The van der Waals surface area contributed by atoms with E-state index in [1.165, 1.54) is 44.2 Å². The van der Waals surface area contributed by atoms with E-state index in [0.717, 1.165) is 32.1 Å². The Labute approximate surface area is 166 Å². The van der Waals surface area contributed by atoms with Gasteiger partial charge in [-0.05, 0) is 31.4 Å². The monoisotopic (exact) mass is 398 g/mol. The number of hydrogen-bond donors (Lipinski definition) is 1. The fraction of sp³-hybridized carbons (Fsp3) is 0.727. The summed E-state index contributed by atoms with van der Waals surface area (Å²) in [7, 11) is -3.71. The number of rotatable bonds is 15. The molecule has 1 aromatic rings. The summed E-state index contributed by atoms with van der Waals surface area (Å²) in [4.78, 5) is 0. The minimum atomic E-state index is -3.71. The van der Waals surface area contributed by atoms with E-state index < -0.39 is 15.4 Å². The van der Waals surface area contributed by atoms with Gasteiger partial charge in [-0.25, -0.2) is 0 Å². The van der Waals surface area contributed by atoms with Crippen LogP contribution >= 0.6 is 0 Å². The predicted molar refractivity (Wildman–Crippen MR) is 113 cm³/mol. The molecule has 0 aliphatic rings. The zero-order valence-corrected chi connectivity index (χ0v) is 18.2. The molecule has 1 aromatic carbocycles. The van der Waals surface area contributed by atoms with Crippen LogP contribution in [-0.4, -0.2) is 18.8 Å². The van der Waals surface area contributed by atoms with Crippen molar-refractivity contribution in [2.24, 2.45) is 0 Å². The topological polar surface area (TPSA) is 63.6 Å². The first kappa shape index (κ1) is 23.8. The van der Waals surface area contributed by atoms with Gasteiger partial charge in [0.15, 0.2) is 0 Å². The molecule has 0 aliphatic heterocycles. The van der Waals surface area contributed by atoms with Crippen molar-refractivity contribution in [3.8, 4) is 11.5 Å². The molecule has 1 N–H and O–H groups in total. The third-order valence-corrected chi connectivity index (χ3v) is 6.74. The Morgan fingerprint density at radius 1 is 0.889 bits per heavy atom. The molecule has 5 heteroatoms. The van der Waals surface area contributed by atoms with Gasteiger partial charge in [-0.2, -0.15) is 8.42 Å². The number of unbranched alkanes of at least 4 members (excludes halogenated alkanes) is 8. The lowest BCUT2D eigenvalue weighted by atomic mass is 10.0. The maximum absolute atomic E-state index is 12.9. The van der Waals surface area contributed by atoms with Crippen LogP contribution in [0.3, 0.4) is 0 Å². The van der Waals surface area contributed by atoms with Crippen molar-refractivity contribution in [3.05, 3.63) is 23.8 Å². The Morgan fingerprint density at radius 3 is 2.04 bits per heavy atom. The molecule has 0 spiro atoms. The first-order valence-corrected chi connectivity index (χ1v) is 12.1. The maximum Gasteiger partial charge on any atom is 0.312 e. The van der Waals surface area contributed by atoms with E-state index in [1.54, 1.807) is 13.0 Å². The third kappa shape index (κ3) is 9.50. The molecule has 0 fully saturated rings. The normalized spacial score (nSPS) is 12.9. The lowest BCUT2D eigenvalue weighted by Crippen LogP contribution is -2.26. The van der Waals surface area contributed by atoms with E-state index in [1.807, 2.05) is 0 Å². The minimum absolute atomic E-state index is 0.0143. The highest BCUT2D eigenvalue weighted by Gasteiger charge is 2.27. The fourth-order valence-electron chi connectivity index (χ4n) is 3.26. The average molecular weight is 399 g/mol. The summed E-state index contributed by atoms with van der Waals surface area (Å²) in [5.41, 5.74) is 0.708. The van der Waals surface area contributed by atoms with E-state index in [9.17, 15) is 13.5 Å². The molecule has 156 valence electrons. The van der Waals surface area contributed by atoms with E-state index in [4.69, 9.17) is 4.18 Å². The second-order valence-corrected chi connectivity index (χ2v) is 9.37. The lowest BCUT2D eigenvalue weighted by Gasteiger charge is -2.19. The van der Waals surface area contributed by atoms with Crippen LogP contribution in [0.15, 0.2) is 18.2 Å². The molecule has 0 saturated carbocycles. The summed E-state index contributed by atoms with van der Waals surface area (Å²) >= 11 is 0. The number of phenols is 1. The second-order valence-electron chi connectivity index (χ2n) is 7.55. The largest absolute Gasteiger partial charge is 0.508 e. The van der Waals surface area contributed by atoms with Crippen LogP contribution in [0.25, 0.3) is 0 Å². The van der Waals surface area contributed by atoms with Gasteiger partial charge in [0.2, 0.25) is 0 Å². The Bertz CT molecular complexity index is 625. The van der Waals surface area contributed by atoms with Crippen molar-refractivity contribution in [1.29, 1.82) is 0 Å². The molecule has 0 bridgehead atoms. The van der Waals surface area contributed by atoms with Crippen molar-refractivity contribution >= 4 is 10.1 Å². The van der Waals surface area contributed by atoms with E-state index in [2.05, 4.69) is 13.8 Å². The number of aryl methyl sites for hydroxylation is 1. The van der Waals surface area contributed by atoms with Crippen molar-refractivity contribution in [2.45, 2.75) is 103 Å². The van der Waals surface area contributed by atoms with Gasteiger partial charge in [-0.1, -0.05) is 84.1 Å². The molecule has 0 heterocycles. The highest BCUT2D eigenvalue weighted by atomic mass is 32.2. The molecular formula is C22H38O4S. The molecule has 0 aliphatic carbocycles. The number of hydrogen-bond acceptors (Lipinski definition) is 4. The van der Waals surface area contributed by atoms with E-state index in [-0.39, 0.29) is 11.5 Å². The standard InChI is InChI=1S/C22H38O4S/c1-4-6-8-9-10-11-13-15-21(14-12-7-5-2)27(24,25)26-22-18-20(23)17-16-19(22)3/h16-18,21,23H,4-15H2,1-3H3. The van der Waals surface area contributed by atoms with Crippen molar-refractivity contribution < 1.29 is 17.7 Å². The molecule has 0 radical (unpaired) electrons. The Balaban J connectivity index is 2.65. The zero-order valence-electron chi connectivity index (χ0n) is 17.4. The molecule has 0 aromatic heterocycles. The van der Waals surface area contributed by atoms with Gasteiger partial charge in [-0.3, -0.25) is 0 Å². The Morgan fingerprint density at radius 2 is 1.41 bits per heavy atom. The quantitative estimate of drug-likeness (QED) is 0.270. The van der Waals surface area contributed by atoms with Crippen LogP contribution in [0, 0.1) is 6.92 Å². The highest BCUT2D eigenvalue weighted by molar-refractivity contribution is 7.87. The van der Waals surface area contributed by atoms with Crippen LogP contribution in [0.5, 0.6) is 11.5 Å². The van der Waals surface area contributed by atoms with Crippen molar-refractivity contribution in [3.63, 3.8) is 0 Å². The van der Waals surface area contributed by atoms with E-state index in [0.29, 0.717) is 18.4 Å². The first-order chi connectivity index (χ1) is 12.9.